The number of nitrogens with zero attached hydrogens (tertiary/aromatic N) is 2. The summed E-state index contributed by atoms with van der Waals surface area (Å²) < 4.78 is 6.66. The topological polar surface area (TPSA) is 37.4 Å². The van der Waals surface area contributed by atoms with Crippen LogP contribution in [0.25, 0.3) is 0 Å². The molecule has 1 saturated carbocycles. The quantitative estimate of drug-likeness (QED) is 0.915. The van der Waals surface area contributed by atoms with Gasteiger partial charge in [0.1, 0.15) is 5.82 Å². The van der Waals surface area contributed by atoms with E-state index in [1.165, 1.54) is 18.4 Å². The van der Waals surface area contributed by atoms with Crippen LogP contribution in [-0.4, -0.2) is 36.3 Å². The lowest BCUT2D eigenvalue weighted by Crippen LogP contribution is -2.54. The normalized spacial score (nSPS) is 22.1. The third-order valence-corrected chi connectivity index (χ3v) is 4.40. The van der Waals surface area contributed by atoms with Gasteiger partial charge in [-0.3, -0.25) is 0 Å². The minimum Gasteiger partial charge on any atom is -0.377 e. The summed E-state index contributed by atoms with van der Waals surface area (Å²) in [6.07, 6.45) is 4.50. The van der Waals surface area contributed by atoms with Crippen molar-refractivity contribution in [3.8, 4) is 0 Å². The highest BCUT2D eigenvalue weighted by Gasteiger charge is 2.33. The van der Waals surface area contributed by atoms with Crippen molar-refractivity contribution in [2.24, 2.45) is 0 Å². The summed E-state index contributed by atoms with van der Waals surface area (Å²) in [4.78, 5) is 7.06. The van der Waals surface area contributed by atoms with Crippen LogP contribution in [0.3, 0.4) is 0 Å². The van der Waals surface area contributed by atoms with Gasteiger partial charge in [0.15, 0.2) is 0 Å². The molecule has 0 atom stereocenters. The van der Waals surface area contributed by atoms with Crippen LogP contribution in [-0.2, 0) is 11.3 Å². The number of anilines is 1. The fourth-order valence-electron chi connectivity index (χ4n) is 2.64. The second kappa shape index (κ2) is 5.62. The highest BCUT2D eigenvalue weighted by molar-refractivity contribution is 9.10. The van der Waals surface area contributed by atoms with Crippen LogP contribution in [0.4, 0.5) is 5.82 Å². The van der Waals surface area contributed by atoms with Gasteiger partial charge < -0.3 is 15.0 Å². The Labute approximate surface area is 129 Å². The van der Waals surface area contributed by atoms with Crippen LogP contribution >= 0.6 is 15.9 Å². The third kappa shape index (κ3) is 3.15. The lowest BCUT2D eigenvalue weighted by molar-refractivity contribution is 0.0638. The Morgan fingerprint density at radius 3 is 3.00 bits per heavy atom. The summed E-state index contributed by atoms with van der Waals surface area (Å²) >= 11 is 3.54. The Balaban J connectivity index is 1.86. The zero-order valence-electron chi connectivity index (χ0n) is 12.2. The summed E-state index contributed by atoms with van der Waals surface area (Å²) in [5.74, 6) is 1.09. The predicted molar refractivity (Wildman–Crippen MR) is 84.0 cm³/mol. The molecule has 1 aliphatic heterocycles. The molecule has 110 valence electrons. The fraction of sp³-hybridized carbons (Fsp3) is 0.667. The molecule has 1 saturated heterocycles. The molecule has 1 aromatic rings. The van der Waals surface area contributed by atoms with Crippen LogP contribution in [0, 0.1) is 0 Å². The van der Waals surface area contributed by atoms with Gasteiger partial charge in [-0.25, -0.2) is 4.98 Å². The van der Waals surface area contributed by atoms with Gasteiger partial charge in [-0.15, -0.1) is 0 Å². The predicted octanol–water partition coefficient (Wildman–Crippen LogP) is 2.71. The Morgan fingerprint density at radius 2 is 2.30 bits per heavy atom. The second-order valence-electron chi connectivity index (χ2n) is 6.31. The number of hydrogen-bond donors (Lipinski definition) is 1. The Bertz CT molecular complexity index is 488. The highest BCUT2D eigenvalue weighted by Crippen LogP contribution is 2.30. The Hall–Kier alpha value is -0.650. The van der Waals surface area contributed by atoms with Crippen molar-refractivity contribution in [1.82, 2.24) is 10.3 Å². The average Bonchev–Trinajstić information content (AvgIpc) is 3.21. The van der Waals surface area contributed by atoms with E-state index in [-0.39, 0.29) is 5.54 Å². The lowest BCUT2D eigenvalue weighted by atomic mass is 10.0. The first-order valence-corrected chi connectivity index (χ1v) is 8.09. The summed E-state index contributed by atoms with van der Waals surface area (Å²) in [7, 11) is 0. The molecule has 1 aliphatic carbocycles. The summed E-state index contributed by atoms with van der Waals surface area (Å²) in [5, 5.41) is 3.59. The fourth-order valence-corrected chi connectivity index (χ4v) is 3.02. The lowest BCUT2D eigenvalue weighted by Gasteiger charge is -2.43. The molecule has 0 spiro atoms. The first kappa shape index (κ1) is 14.3. The number of ether oxygens (including phenoxy) is 1. The van der Waals surface area contributed by atoms with E-state index in [4.69, 9.17) is 4.74 Å². The van der Waals surface area contributed by atoms with Gasteiger partial charge in [-0.05, 0) is 48.7 Å². The monoisotopic (exact) mass is 339 g/mol. The molecule has 2 heterocycles. The van der Waals surface area contributed by atoms with E-state index >= 15 is 0 Å². The largest absolute Gasteiger partial charge is 0.377 e. The maximum atomic E-state index is 5.61. The van der Waals surface area contributed by atoms with E-state index < -0.39 is 0 Å². The third-order valence-electron chi connectivity index (χ3n) is 3.97. The van der Waals surface area contributed by atoms with E-state index in [2.05, 4.69) is 51.0 Å². The molecule has 0 bridgehead atoms. The molecular weight excluding hydrogens is 318 g/mol. The van der Waals surface area contributed by atoms with Crippen molar-refractivity contribution in [2.75, 3.05) is 24.7 Å². The minimum absolute atomic E-state index is 0.00654. The molecule has 1 N–H and O–H groups in total. The maximum absolute atomic E-state index is 5.61. The van der Waals surface area contributed by atoms with Gasteiger partial charge in [0.05, 0.1) is 18.8 Å². The van der Waals surface area contributed by atoms with Gasteiger partial charge in [0.2, 0.25) is 0 Å². The Morgan fingerprint density at radius 1 is 1.50 bits per heavy atom. The van der Waals surface area contributed by atoms with Crippen LogP contribution in [0.1, 0.15) is 32.3 Å². The van der Waals surface area contributed by atoms with E-state index in [0.29, 0.717) is 6.04 Å². The van der Waals surface area contributed by atoms with Crippen LogP contribution in [0.15, 0.2) is 16.7 Å². The summed E-state index contributed by atoms with van der Waals surface area (Å²) in [5.41, 5.74) is 1.26. The standard InChI is InChI=1S/C15H22BrN3O/c1-15(2)10-20-6-5-19(15)14-11(7-12(16)9-18-14)8-17-13-3-4-13/h7,9,13,17H,3-6,8,10H2,1-2H3. The molecule has 0 aromatic carbocycles. The number of rotatable bonds is 4. The SMILES string of the molecule is CC1(C)COCCN1c1ncc(Br)cc1CNC1CC1. The van der Waals surface area contributed by atoms with E-state index in [1.807, 2.05) is 6.20 Å². The number of hydrogen-bond acceptors (Lipinski definition) is 4. The van der Waals surface area contributed by atoms with Crippen LogP contribution in [0.5, 0.6) is 0 Å². The highest BCUT2D eigenvalue weighted by atomic mass is 79.9. The van der Waals surface area contributed by atoms with Gasteiger partial charge in [-0.2, -0.15) is 0 Å². The smallest absolute Gasteiger partial charge is 0.133 e. The first-order valence-electron chi connectivity index (χ1n) is 7.29. The molecular formula is C15H22BrN3O. The maximum Gasteiger partial charge on any atom is 0.133 e. The van der Waals surface area contributed by atoms with Crippen LogP contribution in [0.2, 0.25) is 0 Å². The van der Waals surface area contributed by atoms with Crippen LogP contribution < -0.4 is 10.2 Å². The molecule has 1 aromatic heterocycles. The molecule has 4 nitrogen and oxygen atoms in total. The summed E-state index contributed by atoms with van der Waals surface area (Å²) in [6, 6.07) is 2.89. The summed E-state index contributed by atoms with van der Waals surface area (Å²) in [6.45, 7) is 7.75. The molecule has 5 heteroatoms. The van der Waals surface area contributed by atoms with Gasteiger partial charge in [0.25, 0.3) is 0 Å². The van der Waals surface area contributed by atoms with Crippen molar-refractivity contribution < 1.29 is 4.74 Å². The van der Waals surface area contributed by atoms with E-state index in [9.17, 15) is 0 Å². The number of nitrogens with one attached hydrogen (secondary N) is 1. The van der Waals surface area contributed by atoms with Crippen molar-refractivity contribution in [1.29, 1.82) is 0 Å². The van der Waals surface area contributed by atoms with Crippen molar-refractivity contribution in [3.05, 3.63) is 22.3 Å². The Kier molecular flexibility index (Phi) is 4.02. The molecule has 3 rings (SSSR count). The van der Waals surface area contributed by atoms with E-state index in [1.54, 1.807) is 0 Å². The number of halogens is 1. The number of pyridine rings is 1. The number of aromatic nitrogens is 1. The van der Waals surface area contributed by atoms with E-state index in [0.717, 1.165) is 36.6 Å². The zero-order chi connectivity index (χ0) is 14.2. The van der Waals surface area contributed by atoms with Gasteiger partial charge in [0, 0.05) is 35.4 Å². The molecule has 0 amide bonds. The van der Waals surface area contributed by atoms with Crippen molar-refractivity contribution in [2.45, 2.75) is 44.8 Å². The van der Waals surface area contributed by atoms with Gasteiger partial charge in [-0.1, -0.05) is 0 Å². The first-order chi connectivity index (χ1) is 9.56. The van der Waals surface area contributed by atoms with Gasteiger partial charge >= 0.3 is 0 Å². The minimum atomic E-state index is -0.00654. The molecule has 2 fully saturated rings. The zero-order valence-corrected chi connectivity index (χ0v) is 13.7. The molecule has 0 radical (unpaired) electrons. The molecule has 20 heavy (non-hydrogen) atoms. The van der Waals surface area contributed by atoms with Crippen molar-refractivity contribution >= 4 is 21.7 Å². The number of morpholine rings is 1. The van der Waals surface area contributed by atoms with Crippen molar-refractivity contribution in [3.63, 3.8) is 0 Å². The molecule has 2 aliphatic rings. The molecule has 0 unspecified atom stereocenters. The average molecular weight is 340 g/mol. The second-order valence-corrected chi connectivity index (χ2v) is 7.22.